The molecule has 0 aliphatic carbocycles. The van der Waals surface area contributed by atoms with E-state index in [1.165, 1.54) is 11.3 Å². The van der Waals surface area contributed by atoms with E-state index in [1.807, 2.05) is 12.3 Å². The van der Waals surface area contributed by atoms with E-state index in [-0.39, 0.29) is 18.1 Å². The molecule has 29 heavy (non-hydrogen) atoms. The third-order valence-electron chi connectivity index (χ3n) is 4.89. The van der Waals surface area contributed by atoms with E-state index in [0.717, 1.165) is 37.5 Å². The molecule has 0 bridgehead atoms. The molecule has 1 aliphatic heterocycles. The molecule has 0 radical (unpaired) electrons. The number of likely N-dealkylation sites (tertiary alicyclic amines) is 1. The van der Waals surface area contributed by atoms with E-state index in [9.17, 15) is 4.79 Å². The van der Waals surface area contributed by atoms with Crippen molar-refractivity contribution >= 4 is 28.8 Å². The predicted molar refractivity (Wildman–Crippen MR) is 119 cm³/mol. The highest BCUT2D eigenvalue weighted by Gasteiger charge is 2.24. The van der Waals surface area contributed by atoms with Gasteiger partial charge in [0.2, 0.25) is 0 Å². The normalized spacial score (nSPS) is 17.1. The maximum atomic E-state index is 12.5. The Hall–Kier alpha value is -1.63. The number of thiazole rings is 1. The summed E-state index contributed by atoms with van der Waals surface area (Å²) in [4.78, 5) is 19.3. The Morgan fingerprint density at radius 1 is 1.38 bits per heavy atom. The third-order valence-corrected chi connectivity index (χ3v) is 6.14. The van der Waals surface area contributed by atoms with Gasteiger partial charge in [-0.2, -0.15) is 0 Å². The first-order valence-electron chi connectivity index (χ1n) is 10.1. The van der Waals surface area contributed by atoms with E-state index < -0.39 is 0 Å². The summed E-state index contributed by atoms with van der Waals surface area (Å²) in [6.07, 6.45) is 3.87. The van der Waals surface area contributed by atoms with Gasteiger partial charge in [0.1, 0.15) is 16.9 Å². The van der Waals surface area contributed by atoms with Crippen molar-refractivity contribution in [2.45, 2.75) is 52.7 Å². The molecule has 0 unspecified atom stereocenters. The minimum Gasteiger partial charge on any atom is -0.489 e. The van der Waals surface area contributed by atoms with Crippen LogP contribution in [0.25, 0.3) is 0 Å². The molecule has 158 valence electrons. The topological polar surface area (TPSA) is 54.5 Å². The largest absolute Gasteiger partial charge is 0.489 e. The number of ether oxygens (including phenoxy) is 1. The lowest BCUT2D eigenvalue weighted by Crippen LogP contribution is -2.42. The number of rotatable bonds is 6. The Morgan fingerprint density at radius 3 is 2.69 bits per heavy atom. The van der Waals surface area contributed by atoms with Crippen LogP contribution in [0.5, 0.6) is 5.75 Å². The predicted octanol–water partition coefficient (Wildman–Crippen LogP) is 5.18. The number of halogens is 1. The summed E-state index contributed by atoms with van der Waals surface area (Å²) >= 11 is 7.94. The Morgan fingerprint density at radius 2 is 2.10 bits per heavy atom. The van der Waals surface area contributed by atoms with Gasteiger partial charge >= 0.3 is 0 Å². The molecule has 1 fully saturated rings. The van der Waals surface area contributed by atoms with E-state index in [0.29, 0.717) is 21.8 Å². The van der Waals surface area contributed by atoms with Crippen molar-refractivity contribution in [1.82, 2.24) is 15.2 Å². The number of amides is 1. The number of aromatic nitrogens is 1. The highest BCUT2D eigenvalue weighted by molar-refractivity contribution is 7.09. The summed E-state index contributed by atoms with van der Waals surface area (Å²) in [6.45, 7) is 11.9. The van der Waals surface area contributed by atoms with Crippen LogP contribution in [0.1, 0.15) is 61.9 Å². The fourth-order valence-corrected chi connectivity index (χ4v) is 4.43. The molecular weight excluding hydrogens is 406 g/mol. The molecule has 5 nitrogen and oxygen atoms in total. The number of nitrogens with zero attached hydrogens (tertiary/aromatic N) is 2. The number of hydrogen-bond donors (Lipinski definition) is 1. The minimum absolute atomic E-state index is 0.143. The maximum Gasteiger partial charge on any atom is 0.251 e. The number of piperidine rings is 1. The zero-order valence-corrected chi connectivity index (χ0v) is 19.1. The second-order valence-electron chi connectivity index (χ2n) is 8.86. The van der Waals surface area contributed by atoms with Gasteiger partial charge in [-0.25, -0.2) is 4.98 Å². The Labute approximate surface area is 182 Å². The average molecular weight is 436 g/mol. The Bertz CT molecular complexity index is 812. The number of carbonyl (C=O) groups is 1. The lowest BCUT2D eigenvalue weighted by atomic mass is 9.94. The summed E-state index contributed by atoms with van der Waals surface area (Å²) in [5.74, 6) is 0.474. The van der Waals surface area contributed by atoms with E-state index in [4.69, 9.17) is 16.3 Å². The smallest absolute Gasteiger partial charge is 0.251 e. The van der Waals surface area contributed by atoms with Gasteiger partial charge in [0.05, 0.1) is 11.1 Å². The monoisotopic (exact) mass is 435 g/mol. The first-order valence-corrected chi connectivity index (χ1v) is 11.4. The molecular formula is C22H30ClN3O2S. The lowest BCUT2D eigenvalue weighted by Gasteiger charge is -2.36. The van der Waals surface area contributed by atoms with Crippen molar-refractivity contribution in [2.75, 3.05) is 19.6 Å². The van der Waals surface area contributed by atoms with Crippen molar-refractivity contribution in [2.24, 2.45) is 5.41 Å². The van der Waals surface area contributed by atoms with Gasteiger partial charge in [0, 0.05) is 36.8 Å². The summed E-state index contributed by atoms with van der Waals surface area (Å²) < 4.78 is 6.14. The molecule has 1 amide bonds. The second-order valence-corrected chi connectivity index (χ2v) is 10.2. The molecule has 3 rings (SSSR count). The Balaban J connectivity index is 1.54. The molecule has 1 N–H and O–H groups in total. The number of benzene rings is 1. The fourth-order valence-electron chi connectivity index (χ4n) is 3.56. The summed E-state index contributed by atoms with van der Waals surface area (Å²) in [6, 6.07) is 5.10. The van der Waals surface area contributed by atoms with Crippen LogP contribution in [0.15, 0.2) is 29.8 Å². The third kappa shape index (κ3) is 6.43. The van der Waals surface area contributed by atoms with Crippen molar-refractivity contribution in [3.05, 3.63) is 45.4 Å². The van der Waals surface area contributed by atoms with Gasteiger partial charge in [-0.1, -0.05) is 32.4 Å². The van der Waals surface area contributed by atoms with Gasteiger partial charge < -0.3 is 15.0 Å². The first-order chi connectivity index (χ1) is 13.7. The quantitative estimate of drug-likeness (QED) is 0.679. The Kier molecular flexibility index (Phi) is 7.19. The number of nitrogens with one attached hydrogen (secondary N) is 1. The first kappa shape index (κ1) is 22.1. The van der Waals surface area contributed by atoms with Crippen LogP contribution in [0, 0.1) is 5.41 Å². The average Bonchev–Trinajstić information content (AvgIpc) is 3.18. The fraction of sp³-hybridized carbons (Fsp3) is 0.545. The second kappa shape index (κ2) is 9.45. The summed E-state index contributed by atoms with van der Waals surface area (Å²) in [7, 11) is 0. The van der Waals surface area contributed by atoms with Crippen molar-refractivity contribution in [1.29, 1.82) is 0 Å². The zero-order valence-electron chi connectivity index (χ0n) is 17.6. The van der Waals surface area contributed by atoms with Crippen LogP contribution < -0.4 is 10.1 Å². The number of carbonyl (C=O) groups excluding carboxylic acids is 1. The minimum atomic E-state index is -0.170. The molecule has 1 aromatic heterocycles. The highest BCUT2D eigenvalue weighted by Crippen LogP contribution is 2.29. The van der Waals surface area contributed by atoms with Gasteiger partial charge in [-0.3, -0.25) is 4.79 Å². The summed E-state index contributed by atoms with van der Waals surface area (Å²) in [5.41, 5.74) is 0.829. The van der Waals surface area contributed by atoms with Gasteiger partial charge in [0.25, 0.3) is 5.91 Å². The van der Waals surface area contributed by atoms with Crippen LogP contribution in [-0.2, 0) is 0 Å². The van der Waals surface area contributed by atoms with E-state index in [2.05, 4.69) is 36.0 Å². The molecule has 1 saturated heterocycles. The molecule has 2 heterocycles. The molecule has 2 aromatic rings. The highest BCUT2D eigenvalue weighted by atomic mass is 35.5. The molecule has 1 atom stereocenters. The molecule has 1 aliphatic rings. The van der Waals surface area contributed by atoms with Crippen LogP contribution in [0.2, 0.25) is 5.02 Å². The molecule has 0 saturated carbocycles. The van der Waals surface area contributed by atoms with Crippen LogP contribution >= 0.6 is 22.9 Å². The standard InChI is InChI=1S/C22H30ClN3O2S/c1-15(21-24-9-12-29-21)25-20(27)16-5-6-19(18(23)13-16)28-17-7-10-26(11-8-17)14-22(2,3)4/h5-6,9,12-13,15,17H,7-8,10-11,14H2,1-4H3,(H,25,27)/t15-/m1/s1. The van der Waals surface area contributed by atoms with Crippen molar-refractivity contribution in [3.63, 3.8) is 0 Å². The van der Waals surface area contributed by atoms with Gasteiger partial charge in [0.15, 0.2) is 0 Å². The SMILES string of the molecule is C[C@@H](NC(=O)c1ccc(OC2CCN(CC(C)(C)C)CC2)c(Cl)c1)c1nccs1. The molecule has 7 heteroatoms. The van der Waals surface area contributed by atoms with Crippen LogP contribution in [-0.4, -0.2) is 41.5 Å². The van der Waals surface area contributed by atoms with Crippen molar-refractivity contribution < 1.29 is 9.53 Å². The number of hydrogen-bond acceptors (Lipinski definition) is 5. The summed E-state index contributed by atoms with van der Waals surface area (Å²) in [5, 5.41) is 6.20. The van der Waals surface area contributed by atoms with Gasteiger partial charge in [-0.05, 0) is 43.4 Å². The van der Waals surface area contributed by atoms with Gasteiger partial charge in [-0.15, -0.1) is 11.3 Å². The lowest BCUT2D eigenvalue weighted by molar-refractivity contribution is 0.0811. The maximum absolute atomic E-state index is 12.5. The van der Waals surface area contributed by atoms with Crippen LogP contribution in [0.4, 0.5) is 0 Å². The van der Waals surface area contributed by atoms with Crippen LogP contribution in [0.3, 0.4) is 0 Å². The van der Waals surface area contributed by atoms with Crippen molar-refractivity contribution in [3.8, 4) is 5.75 Å². The molecule has 1 aromatic carbocycles. The van der Waals surface area contributed by atoms with E-state index in [1.54, 1.807) is 24.4 Å². The van der Waals surface area contributed by atoms with E-state index >= 15 is 0 Å². The molecule has 0 spiro atoms. The zero-order chi connectivity index (χ0) is 21.0.